The number of alkyl halides is 1. The van der Waals surface area contributed by atoms with E-state index >= 15 is 0 Å². The molecule has 10 N–H and O–H groups in total. The number of sulfone groups is 1. The summed E-state index contributed by atoms with van der Waals surface area (Å²) >= 11 is 15.5. The smallest absolute Gasteiger partial charge is 0.327 e. The van der Waals surface area contributed by atoms with Crippen LogP contribution in [0.15, 0.2) is 0 Å². The Morgan fingerprint density at radius 2 is 0.972 bits per heavy atom. The molecule has 3 aliphatic heterocycles. The van der Waals surface area contributed by atoms with Gasteiger partial charge in [0.2, 0.25) is 0 Å². The Balaban J connectivity index is 0.000000316. The van der Waals surface area contributed by atoms with Crippen LogP contribution >= 0.6 is 63.7 Å². The molecule has 72 heavy (non-hydrogen) atoms. The topological polar surface area (TPSA) is 348 Å². The van der Waals surface area contributed by atoms with Gasteiger partial charge < -0.3 is 71.4 Å². The van der Waals surface area contributed by atoms with E-state index in [4.69, 9.17) is 57.7 Å². The average Bonchev–Trinajstić information content (AvgIpc) is 4.11. The number of rotatable bonds is 20. The highest BCUT2D eigenvalue weighted by atomic mass is 79.9. The minimum absolute atomic E-state index is 0.00417. The molecule has 5 amide bonds. The maximum atomic E-state index is 11.9. The van der Waals surface area contributed by atoms with Crippen molar-refractivity contribution in [1.29, 1.82) is 0 Å². The van der Waals surface area contributed by atoms with Crippen molar-refractivity contribution in [2.75, 3.05) is 125 Å². The number of carboxylic acids is 4. The maximum absolute atomic E-state index is 11.9. The third kappa shape index (κ3) is 32.7. The fraction of sp³-hybridized carbons (Fsp3) is 0.837. The first-order chi connectivity index (χ1) is 34.2. The van der Waals surface area contributed by atoms with E-state index in [2.05, 4.69) is 39.2 Å². The number of morpholine rings is 3. The molecular weight excluding hydrogens is 1110 g/mol. The van der Waals surface area contributed by atoms with Gasteiger partial charge in [-0.1, -0.05) is 15.9 Å². The number of carbonyl (C=O) groups excluding carboxylic acids is 3. The van der Waals surface area contributed by atoms with Crippen molar-refractivity contribution in [1.82, 2.24) is 25.3 Å². The molecule has 416 valence electrons. The number of hydrogen-bond acceptors (Lipinski definition) is 17. The van der Waals surface area contributed by atoms with E-state index in [1.165, 1.54) is 48.8 Å². The van der Waals surface area contributed by atoms with Crippen molar-refractivity contribution in [3.63, 3.8) is 0 Å². The molecule has 4 atom stereocenters. The summed E-state index contributed by atoms with van der Waals surface area (Å²) < 4.78 is 39.1. The highest BCUT2D eigenvalue weighted by Gasteiger charge is 2.34. The van der Waals surface area contributed by atoms with Crippen LogP contribution in [0.5, 0.6) is 0 Å². The predicted molar refractivity (Wildman–Crippen MR) is 281 cm³/mol. The van der Waals surface area contributed by atoms with Crippen molar-refractivity contribution in [3.8, 4) is 0 Å². The van der Waals surface area contributed by atoms with Gasteiger partial charge in [-0.25, -0.2) is 27.6 Å². The number of ether oxygens (including phenoxy) is 3. The van der Waals surface area contributed by atoms with Crippen LogP contribution in [0, 0.1) is 23.7 Å². The maximum Gasteiger partial charge on any atom is 0.327 e. The van der Waals surface area contributed by atoms with Crippen LogP contribution < -0.4 is 22.1 Å². The fourth-order valence-electron chi connectivity index (χ4n) is 5.77. The van der Waals surface area contributed by atoms with Gasteiger partial charge in [0.15, 0.2) is 9.84 Å². The van der Waals surface area contributed by atoms with Gasteiger partial charge in [0, 0.05) is 61.9 Å². The zero-order valence-corrected chi connectivity index (χ0v) is 46.2. The molecule has 0 aromatic heterocycles. The number of urea groups is 2. The second-order valence-corrected chi connectivity index (χ2v) is 23.5. The Bertz CT molecular complexity index is 1770. The molecule has 0 unspecified atom stereocenters. The van der Waals surface area contributed by atoms with Gasteiger partial charge in [-0.2, -0.15) is 36.2 Å². The summed E-state index contributed by atoms with van der Waals surface area (Å²) in [5.74, 6) is 1.30. The lowest BCUT2D eigenvalue weighted by atomic mass is 10.3. The molecule has 3 heterocycles. The van der Waals surface area contributed by atoms with Crippen LogP contribution in [-0.4, -0.2) is 234 Å². The van der Waals surface area contributed by atoms with E-state index in [1.54, 1.807) is 33.3 Å². The number of halogens is 2. The molecule has 7 fully saturated rings. The summed E-state index contributed by atoms with van der Waals surface area (Å²) in [5.41, 5.74) is 10.2. The molecule has 4 saturated carbocycles. The number of nitrogens with one attached hydrogen (secondary N) is 2. The van der Waals surface area contributed by atoms with Crippen LogP contribution in [0.2, 0.25) is 0 Å². The van der Waals surface area contributed by atoms with Gasteiger partial charge in [0.25, 0.3) is 0 Å². The quantitative estimate of drug-likeness (QED) is 0.0365. The second-order valence-electron chi connectivity index (χ2n) is 17.9. The Morgan fingerprint density at radius 1 is 0.597 bits per heavy atom. The Hall–Kier alpha value is -2.54. The number of carboxylic acid groups (broad SMARTS) is 4. The van der Waals surface area contributed by atoms with Crippen molar-refractivity contribution in [2.45, 2.75) is 75.5 Å². The Kier molecular flexibility index (Phi) is 33.2. The first-order valence-electron chi connectivity index (χ1n) is 23.9. The molecule has 29 heteroatoms. The lowest BCUT2D eigenvalue weighted by Gasteiger charge is -2.28. The molecule has 0 aromatic rings. The van der Waals surface area contributed by atoms with E-state index in [1.807, 2.05) is 0 Å². The van der Waals surface area contributed by atoms with Gasteiger partial charge in [-0.3, -0.25) is 14.4 Å². The normalized spacial score (nSPS) is 20.0. The summed E-state index contributed by atoms with van der Waals surface area (Å²) in [6, 6.07) is -4.58. The van der Waals surface area contributed by atoms with Crippen LogP contribution in [0.3, 0.4) is 0 Å². The van der Waals surface area contributed by atoms with Crippen LogP contribution in [0.1, 0.15) is 51.4 Å². The van der Waals surface area contributed by atoms with Crippen LogP contribution in [-0.2, 0) is 43.2 Å². The predicted octanol–water partition coefficient (Wildman–Crippen LogP) is 2.27. The lowest BCUT2D eigenvalue weighted by Crippen LogP contribution is -2.53. The second kappa shape index (κ2) is 36.4. The van der Waals surface area contributed by atoms with Crippen molar-refractivity contribution >= 4 is 115 Å². The third-order valence-electron chi connectivity index (χ3n) is 11.1. The summed E-state index contributed by atoms with van der Waals surface area (Å²) in [6.45, 7) is 6.07. The average molecular weight is 1190 g/mol. The third-order valence-corrected chi connectivity index (χ3v) is 17.0. The number of nitrogens with two attached hydrogens (primary N) is 2. The van der Waals surface area contributed by atoms with Crippen molar-refractivity contribution in [3.05, 3.63) is 0 Å². The number of amides is 5. The molecule has 0 spiro atoms. The minimum atomic E-state index is -3.48. The van der Waals surface area contributed by atoms with Gasteiger partial charge in [-0.15, -0.1) is 0 Å². The molecule has 0 aromatic carbocycles. The highest BCUT2D eigenvalue weighted by molar-refractivity contribution is 9.09. The molecule has 7 aliphatic rings. The summed E-state index contributed by atoms with van der Waals surface area (Å²) in [7, 11) is -3.48. The van der Waals surface area contributed by atoms with E-state index in [-0.39, 0.29) is 28.8 Å². The van der Waals surface area contributed by atoms with Crippen molar-refractivity contribution < 1.29 is 76.6 Å². The first-order valence-corrected chi connectivity index (χ1v) is 30.2. The molecule has 7 rings (SSSR count). The number of nitrogens with zero attached hydrogens (tertiary/aromatic N) is 3. The highest BCUT2D eigenvalue weighted by Crippen LogP contribution is 2.33. The number of thioether (sulfide) groups is 2. The Morgan fingerprint density at radius 3 is 1.26 bits per heavy atom. The molecule has 3 saturated heterocycles. The van der Waals surface area contributed by atoms with Gasteiger partial charge >= 0.3 is 41.3 Å². The van der Waals surface area contributed by atoms with E-state index in [9.17, 15) is 42.0 Å². The molecule has 4 aliphatic carbocycles. The number of aliphatic carboxylic acids is 4. The SMILES string of the molecule is BrCC1CC1.N[C@@H](CS)C(=O)O.N[C@@H](CSCC1CC1)C(=O)O.O=C(Cl)N1CCOCC1.O=C(O)[C@H](CS(=O)(=O)CC1CC1)NC(=O)N1CCOCC1.O=C(O)[C@H](CSCC1CC1)NC(=O)N1CCOCC1. The summed E-state index contributed by atoms with van der Waals surface area (Å²) in [4.78, 5) is 81.2. The summed E-state index contributed by atoms with van der Waals surface area (Å²) in [5, 5.41) is 40.4. The Labute approximate surface area is 449 Å². The van der Waals surface area contributed by atoms with E-state index in [0.717, 1.165) is 42.1 Å². The first kappa shape index (κ1) is 65.6. The van der Waals surface area contributed by atoms with Gasteiger partial charge in [0.05, 0.1) is 51.1 Å². The number of carbonyl (C=O) groups is 7. The zero-order valence-electron chi connectivity index (χ0n) is 40.5. The van der Waals surface area contributed by atoms with Crippen LogP contribution in [0.4, 0.5) is 14.4 Å². The van der Waals surface area contributed by atoms with E-state index < -0.39 is 69.7 Å². The van der Waals surface area contributed by atoms with Crippen LogP contribution in [0.25, 0.3) is 0 Å². The number of hydrogen-bond donors (Lipinski definition) is 9. The molecule has 23 nitrogen and oxygen atoms in total. The van der Waals surface area contributed by atoms with Gasteiger partial charge in [0.1, 0.15) is 24.2 Å². The number of thiol groups is 1. The molecule has 0 radical (unpaired) electrons. The zero-order chi connectivity index (χ0) is 53.6. The van der Waals surface area contributed by atoms with E-state index in [0.29, 0.717) is 90.4 Å². The minimum Gasteiger partial charge on any atom is -0.480 e. The molecule has 0 bridgehead atoms. The van der Waals surface area contributed by atoms with Gasteiger partial charge in [-0.05, 0) is 98.1 Å². The standard InChI is InChI=1S/C12H20N2O6S.C12H20N2O4S.C7H13NO2S.C5H8ClNO2.C4H7Br.C3H7NO2S/c15-11(16)10(8-21(18,19)7-9-1-2-9)13-12(17)14-3-5-20-6-4-14;15-11(16)10(8-19-7-9-1-2-9)13-12(17)14-3-5-18-6-4-14;8-6(7(9)10)4-11-3-5-1-2-5;6-5(8)7-1-3-9-4-2-7;5-3-4-1-2-4;4-2(1-7)3(5)6/h9-10H,1-8H2,(H,13,17)(H,15,16);9-10H,1-8H2,(H,13,17)(H,15,16);5-6H,1-4,8H2,(H,9,10);1-4H2;4H,1-3H2;2,7H,1,4H2,(H,5,6)/t2*10-;6-;;;2-/m000..0/s1. The molecular formula is C43H75BrClN7O16S4. The van der Waals surface area contributed by atoms with Crippen molar-refractivity contribution in [2.24, 2.45) is 35.1 Å². The fourth-order valence-corrected chi connectivity index (χ4v) is 11.1. The lowest BCUT2D eigenvalue weighted by molar-refractivity contribution is -0.139. The summed E-state index contributed by atoms with van der Waals surface area (Å²) in [6.07, 6.45) is 9.81. The largest absolute Gasteiger partial charge is 0.480 e. The monoisotopic (exact) mass is 1190 g/mol.